The molecular weight excluding hydrogens is 258 g/mol. The Labute approximate surface area is 128 Å². The van der Waals surface area contributed by atoms with Gasteiger partial charge >= 0.3 is 0 Å². The molecule has 0 spiro atoms. The zero-order valence-corrected chi connectivity index (χ0v) is 13.7. The molecule has 2 nitrogen and oxygen atoms in total. The van der Waals surface area contributed by atoms with Crippen LogP contribution in [0, 0.1) is 13.8 Å². The van der Waals surface area contributed by atoms with Crippen molar-refractivity contribution < 1.29 is 4.74 Å². The molecule has 1 N–H and O–H groups in total. The van der Waals surface area contributed by atoms with E-state index in [0.29, 0.717) is 5.92 Å². The number of methoxy groups -OCH3 is 1. The molecule has 0 unspecified atom stereocenters. The zero-order chi connectivity index (χ0) is 15.4. The van der Waals surface area contributed by atoms with Crippen LogP contribution in [0.1, 0.15) is 42.0 Å². The minimum atomic E-state index is 0.579. The lowest BCUT2D eigenvalue weighted by Gasteiger charge is -2.15. The van der Waals surface area contributed by atoms with E-state index in [4.69, 9.17) is 4.74 Å². The van der Waals surface area contributed by atoms with Crippen molar-refractivity contribution in [2.75, 3.05) is 12.4 Å². The molecule has 2 rings (SSSR count). The first-order chi connectivity index (χ1) is 10.0. The summed E-state index contributed by atoms with van der Waals surface area (Å²) in [5.74, 6) is 1.55. The Kier molecular flexibility index (Phi) is 4.89. The molecule has 112 valence electrons. The second-order valence-electron chi connectivity index (χ2n) is 5.84. The van der Waals surface area contributed by atoms with E-state index in [0.717, 1.165) is 23.5 Å². The number of rotatable bonds is 5. The first-order valence-corrected chi connectivity index (χ1v) is 7.49. The maximum Gasteiger partial charge on any atom is 0.126 e. The molecule has 0 bridgehead atoms. The summed E-state index contributed by atoms with van der Waals surface area (Å²) in [7, 11) is 1.73. The van der Waals surface area contributed by atoms with Crippen molar-refractivity contribution in [3.63, 3.8) is 0 Å². The van der Waals surface area contributed by atoms with Gasteiger partial charge in [0, 0.05) is 17.8 Å². The smallest absolute Gasteiger partial charge is 0.126 e. The minimum Gasteiger partial charge on any atom is -0.496 e. The fraction of sp³-hybridized carbons (Fsp3) is 0.368. The van der Waals surface area contributed by atoms with Gasteiger partial charge in [0.1, 0.15) is 5.75 Å². The van der Waals surface area contributed by atoms with Crippen molar-refractivity contribution >= 4 is 5.69 Å². The number of anilines is 1. The second-order valence-corrected chi connectivity index (χ2v) is 5.84. The highest BCUT2D eigenvalue weighted by Gasteiger charge is 2.07. The van der Waals surface area contributed by atoms with Crippen LogP contribution in [0.5, 0.6) is 5.75 Å². The molecule has 2 aromatic rings. The Hall–Kier alpha value is -1.96. The van der Waals surface area contributed by atoms with Crippen molar-refractivity contribution in [3.05, 3.63) is 58.7 Å². The van der Waals surface area contributed by atoms with Gasteiger partial charge in [-0.1, -0.05) is 44.2 Å². The lowest BCUT2D eigenvalue weighted by molar-refractivity contribution is 0.409. The van der Waals surface area contributed by atoms with Crippen molar-refractivity contribution in [1.29, 1.82) is 0 Å². The van der Waals surface area contributed by atoms with E-state index in [2.05, 4.69) is 69.4 Å². The third-order valence-corrected chi connectivity index (χ3v) is 3.94. The highest BCUT2D eigenvalue weighted by molar-refractivity contribution is 5.59. The highest BCUT2D eigenvalue weighted by atomic mass is 16.5. The van der Waals surface area contributed by atoms with E-state index in [1.54, 1.807) is 7.11 Å². The normalized spacial score (nSPS) is 10.8. The van der Waals surface area contributed by atoms with Crippen molar-refractivity contribution in [3.8, 4) is 5.75 Å². The summed E-state index contributed by atoms with van der Waals surface area (Å²) in [5, 5.41) is 3.50. The summed E-state index contributed by atoms with van der Waals surface area (Å²) in [6.07, 6.45) is 0. The van der Waals surface area contributed by atoms with Crippen molar-refractivity contribution in [2.45, 2.75) is 40.2 Å². The lowest BCUT2D eigenvalue weighted by Crippen LogP contribution is -2.03. The van der Waals surface area contributed by atoms with Gasteiger partial charge in [-0.25, -0.2) is 0 Å². The molecule has 0 saturated carbocycles. The molecule has 0 saturated heterocycles. The van der Waals surface area contributed by atoms with E-state index >= 15 is 0 Å². The second kappa shape index (κ2) is 6.66. The molecule has 0 aliphatic rings. The Morgan fingerprint density at radius 1 is 1.00 bits per heavy atom. The summed E-state index contributed by atoms with van der Waals surface area (Å²) in [5.41, 5.74) is 6.13. The molecule has 0 aromatic heterocycles. The van der Waals surface area contributed by atoms with Gasteiger partial charge in [0.05, 0.1) is 7.11 Å². The zero-order valence-electron chi connectivity index (χ0n) is 13.7. The first-order valence-electron chi connectivity index (χ1n) is 7.49. The molecule has 21 heavy (non-hydrogen) atoms. The van der Waals surface area contributed by atoms with Gasteiger partial charge in [-0.05, 0) is 42.5 Å². The molecule has 0 aliphatic heterocycles. The van der Waals surface area contributed by atoms with Crippen LogP contribution in [-0.2, 0) is 6.54 Å². The number of hydrogen-bond acceptors (Lipinski definition) is 2. The quantitative estimate of drug-likeness (QED) is 0.829. The summed E-state index contributed by atoms with van der Waals surface area (Å²) in [6.45, 7) is 9.42. The fourth-order valence-electron chi connectivity index (χ4n) is 2.55. The lowest BCUT2D eigenvalue weighted by atomic mass is 10.0. The predicted octanol–water partition coefficient (Wildman–Crippen LogP) is 5.05. The van der Waals surface area contributed by atoms with Crippen LogP contribution < -0.4 is 10.1 Å². The number of nitrogens with one attached hydrogen (secondary N) is 1. The topological polar surface area (TPSA) is 21.3 Å². The Morgan fingerprint density at radius 2 is 1.67 bits per heavy atom. The molecule has 0 heterocycles. The average Bonchev–Trinajstić information content (AvgIpc) is 2.47. The molecule has 0 fully saturated rings. The molecule has 0 amide bonds. The number of ether oxygens (including phenoxy) is 1. The van der Waals surface area contributed by atoms with Crippen LogP contribution in [-0.4, -0.2) is 7.11 Å². The van der Waals surface area contributed by atoms with E-state index in [9.17, 15) is 0 Å². The Balaban J connectivity index is 2.09. The van der Waals surface area contributed by atoms with E-state index in [-0.39, 0.29) is 0 Å². The molecule has 0 aliphatic carbocycles. The monoisotopic (exact) mass is 283 g/mol. The molecule has 0 radical (unpaired) electrons. The Morgan fingerprint density at radius 3 is 2.24 bits per heavy atom. The van der Waals surface area contributed by atoms with Gasteiger partial charge in [0.2, 0.25) is 0 Å². The van der Waals surface area contributed by atoms with Crippen molar-refractivity contribution in [1.82, 2.24) is 0 Å². The molecule has 0 atom stereocenters. The van der Waals surface area contributed by atoms with E-state index < -0.39 is 0 Å². The minimum absolute atomic E-state index is 0.579. The van der Waals surface area contributed by atoms with Crippen LogP contribution in [0.3, 0.4) is 0 Å². The van der Waals surface area contributed by atoms with Gasteiger partial charge in [0.25, 0.3) is 0 Å². The number of aryl methyl sites for hydroxylation is 1. The van der Waals surface area contributed by atoms with Gasteiger partial charge in [-0.2, -0.15) is 0 Å². The van der Waals surface area contributed by atoms with Crippen molar-refractivity contribution in [2.24, 2.45) is 0 Å². The maximum atomic E-state index is 5.47. The molecular formula is C19H25NO. The number of benzene rings is 2. The van der Waals surface area contributed by atoms with Crippen LogP contribution >= 0.6 is 0 Å². The van der Waals surface area contributed by atoms with E-state index in [1.807, 2.05) is 0 Å². The summed E-state index contributed by atoms with van der Waals surface area (Å²) >= 11 is 0. The largest absolute Gasteiger partial charge is 0.496 e. The highest BCUT2D eigenvalue weighted by Crippen LogP contribution is 2.29. The average molecular weight is 283 g/mol. The van der Waals surface area contributed by atoms with Gasteiger partial charge in [0.15, 0.2) is 0 Å². The van der Waals surface area contributed by atoms with Gasteiger partial charge in [-0.3, -0.25) is 0 Å². The third kappa shape index (κ3) is 3.57. The van der Waals surface area contributed by atoms with Gasteiger partial charge in [-0.15, -0.1) is 0 Å². The van der Waals surface area contributed by atoms with Crippen LogP contribution in [0.25, 0.3) is 0 Å². The fourth-order valence-corrected chi connectivity index (χ4v) is 2.55. The van der Waals surface area contributed by atoms with Crippen LogP contribution in [0.2, 0.25) is 0 Å². The summed E-state index contributed by atoms with van der Waals surface area (Å²) in [4.78, 5) is 0. The summed E-state index contributed by atoms with van der Waals surface area (Å²) < 4.78 is 5.47. The molecule has 2 heteroatoms. The number of hydrogen-bond donors (Lipinski definition) is 1. The molecule has 2 aromatic carbocycles. The van der Waals surface area contributed by atoms with Gasteiger partial charge < -0.3 is 10.1 Å². The standard InChI is InChI=1S/C19H25NO/c1-13(2)17-9-7-16(8-10-17)12-20-18-11-6-14(3)19(21-5)15(18)4/h6-11,13,20H,12H2,1-5H3. The van der Waals surface area contributed by atoms with E-state index in [1.165, 1.54) is 16.7 Å². The predicted molar refractivity (Wildman–Crippen MR) is 90.3 cm³/mol. The summed E-state index contributed by atoms with van der Waals surface area (Å²) in [6, 6.07) is 13.0. The maximum absolute atomic E-state index is 5.47. The Bertz CT molecular complexity index is 600. The van der Waals surface area contributed by atoms with Crippen LogP contribution in [0.4, 0.5) is 5.69 Å². The third-order valence-electron chi connectivity index (χ3n) is 3.94. The first kappa shape index (κ1) is 15.4. The SMILES string of the molecule is COc1c(C)ccc(NCc2ccc(C(C)C)cc2)c1C. The van der Waals surface area contributed by atoms with Crippen LogP contribution in [0.15, 0.2) is 36.4 Å².